The summed E-state index contributed by atoms with van der Waals surface area (Å²) in [5.74, 6) is 1.82. The SMILES string of the molecule is CC1=C/C(=C(/C)Nc2c(C(C)C)cccc2C(C)C)N/C(=C(/C)Nc2c(C(C)C)cccc2C(C)C)C1.[Zr].c1ccc(-c2ccccc2)cc1. The third-order valence-corrected chi connectivity index (χ3v) is 9.24. The van der Waals surface area contributed by atoms with Crippen molar-refractivity contribution in [2.45, 2.75) is 106 Å². The molecule has 1 aliphatic rings. The van der Waals surface area contributed by atoms with Crippen LogP contribution in [0.15, 0.2) is 131 Å². The fourth-order valence-electron chi connectivity index (χ4n) is 6.42. The van der Waals surface area contributed by atoms with E-state index in [4.69, 9.17) is 0 Å². The summed E-state index contributed by atoms with van der Waals surface area (Å²) in [5.41, 5.74) is 16.6. The third kappa shape index (κ3) is 10.7. The molecule has 4 aromatic rings. The first-order valence-electron chi connectivity index (χ1n) is 18.1. The summed E-state index contributed by atoms with van der Waals surface area (Å²) in [5, 5.41) is 11.4. The monoisotopic (exact) mass is 743 g/mol. The van der Waals surface area contributed by atoms with Crippen LogP contribution >= 0.6 is 0 Å². The van der Waals surface area contributed by atoms with E-state index in [1.54, 1.807) is 0 Å². The van der Waals surface area contributed by atoms with Crippen LogP contribution in [0.2, 0.25) is 0 Å². The Labute approximate surface area is 322 Å². The molecule has 50 heavy (non-hydrogen) atoms. The van der Waals surface area contributed by atoms with Crippen LogP contribution in [0, 0.1) is 0 Å². The van der Waals surface area contributed by atoms with Crippen molar-refractivity contribution in [3.05, 3.63) is 154 Å². The van der Waals surface area contributed by atoms with Crippen LogP contribution in [0.3, 0.4) is 0 Å². The Bertz CT molecular complexity index is 1690. The van der Waals surface area contributed by atoms with Crippen LogP contribution in [-0.4, -0.2) is 0 Å². The van der Waals surface area contributed by atoms with Crippen molar-refractivity contribution < 1.29 is 26.2 Å². The predicted octanol–water partition coefficient (Wildman–Crippen LogP) is 13.5. The first-order valence-corrected chi connectivity index (χ1v) is 18.1. The molecule has 0 fully saturated rings. The van der Waals surface area contributed by atoms with Gasteiger partial charge in [0, 0.05) is 61.1 Å². The number of benzene rings is 4. The topological polar surface area (TPSA) is 36.1 Å². The maximum absolute atomic E-state index is 3.84. The van der Waals surface area contributed by atoms with Gasteiger partial charge in [-0.05, 0) is 83.9 Å². The minimum absolute atomic E-state index is 0. The van der Waals surface area contributed by atoms with Gasteiger partial charge in [0.1, 0.15) is 0 Å². The number of hydrogen-bond donors (Lipinski definition) is 3. The molecule has 0 amide bonds. The Morgan fingerprint density at radius 1 is 0.520 bits per heavy atom. The summed E-state index contributed by atoms with van der Waals surface area (Å²) in [6, 6.07) is 34.2. The molecule has 0 spiro atoms. The van der Waals surface area contributed by atoms with Crippen molar-refractivity contribution in [2.24, 2.45) is 0 Å². The molecule has 0 unspecified atom stereocenters. The average molecular weight is 745 g/mol. The summed E-state index contributed by atoms with van der Waals surface area (Å²) in [6.45, 7) is 24.8. The van der Waals surface area contributed by atoms with Crippen LogP contribution in [0.4, 0.5) is 11.4 Å². The maximum atomic E-state index is 3.84. The second kappa shape index (κ2) is 19.1. The molecule has 5 rings (SSSR count). The first-order chi connectivity index (χ1) is 23.4. The Morgan fingerprint density at radius 2 is 0.880 bits per heavy atom. The standard InChI is InChI=1S/C34H49N3.C12H10.Zr/c1-20(2)27-14-12-15-28(21(3)4)33(27)35-25(10)31-18-24(9)19-32(37-31)26(11)36-34-29(22(5)6)16-13-17-30(34)23(7)8;1-3-7-11(8-4-1)12-9-5-2-6-10-12;/h12-18,20-23,35-37H,19H2,1-11H3;1-10H;/b31-25+,32-26-;;. The van der Waals surface area contributed by atoms with Gasteiger partial charge in [0.2, 0.25) is 0 Å². The van der Waals surface area contributed by atoms with Crippen molar-refractivity contribution in [2.75, 3.05) is 10.6 Å². The molecule has 262 valence electrons. The number of para-hydroxylation sites is 2. The van der Waals surface area contributed by atoms with E-state index in [1.807, 2.05) is 12.1 Å². The minimum atomic E-state index is 0. The fourth-order valence-corrected chi connectivity index (χ4v) is 6.42. The summed E-state index contributed by atoms with van der Waals surface area (Å²) < 4.78 is 0. The third-order valence-electron chi connectivity index (χ3n) is 9.24. The van der Waals surface area contributed by atoms with Crippen LogP contribution in [0.25, 0.3) is 11.1 Å². The predicted molar refractivity (Wildman–Crippen MR) is 215 cm³/mol. The molecule has 0 atom stereocenters. The molecule has 0 saturated carbocycles. The van der Waals surface area contributed by atoms with Gasteiger partial charge < -0.3 is 16.0 Å². The van der Waals surface area contributed by atoms with E-state index in [1.165, 1.54) is 61.7 Å². The summed E-state index contributed by atoms with van der Waals surface area (Å²) in [7, 11) is 0. The number of allylic oxidation sites excluding steroid dienone is 4. The van der Waals surface area contributed by atoms with E-state index in [0.29, 0.717) is 23.7 Å². The van der Waals surface area contributed by atoms with E-state index < -0.39 is 0 Å². The van der Waals surface area contributed by atoms with E-state index >= 15 is 0 Å². The van der Waals surface area contributed by atoms with Gasteiger partial charge in [-0.25, -0.2) is 0 Å². The fraction of sp³-hybridized carbons (Fsp3) is 0.348. The van der Waals surface area contributed by atoms with Crippen molar-refractivity contribution in [1.82, 2.24) is 5.32 Å². The van der Waals surface area contributed by atoms with Crippen molar-refractivity contribution in [3.8, 4) is 11.1 Å². The van der Waals surface area contributed by atoms with Crippen molar-refractivity contribution >= 4 is 11.4 Å². The number of nitrogens with one attached hydrogen (secondary N) is 3. The van der Waals surface area contributed by atoms with E-state index in [2.05, 4.69) is 183 Å². The molecule has 0 radical (unpaired) electrons. The number of anilines is 2. The zero-order valence-corrected chi connectivity index (χ0v) is 34.8. The number of rotatable bonds is 9. The average Bonchev–Trinajstić information content (AvgIpc) is 3.08. The Morgan fingerprint density at radius 3 is 1.24 bits per heavy atom. The molecule has 4 aromatic carbocycles. The second-order valence-corrected chi connectivity index (χ2v) is 14.7. The largest absolute Gasteiger partial charge is 0.357 e. The molecular formula is C46H59N3Zr. The smallest absolute Gasteiger partial charge is 0.0575 e. The summed E-state index contributed by atoms with van der Waals surface area (Å²) >= 11 is 0. The molecule has 1 aliphatic heterocycles. The van der Waals surface area contributed by atoms with Crippen LogP contribution in [0.5, 0.6) is 0 Å². The molecule has 0 aliphatic carbocycles. The Kier molecular flexibility index (Phi) is 15.6. The Balaban J connectivity index is 0.000000434. The Hall–Kier alpha value is -3.62. The van der Waals surface area contributed by atoms with E-state index in [-0.39, 0.29) is 26.2 Å². The van der Waals surface area contributed by atoms with Crippen molar-refractivity contribution in [1.29, 1.82) is 0 Å². The van der Waals surface area contributed by atoms with Gasteiger partial charge in [-0.3, -0.25) is 0 Å². The van der Waals surface area contributed by atoms with Crippen LogP contribution < -0.4 is 16.0 Å². The molecule has 3 N–H and O–H groups in total. The second-order valence-electron chi connectivity index (χ2n) is 14.7. The quantitative estimate of drug-likeness (QED) is 0.160. The van der Waals surface area contributed by atoms with Gasteiger partial charge in [0.15, 0.2) is 0 Å². The van der Waals surface area contributed by atoms with Gasteiger partial charge in [-0.2, -0.15) is 0 Å². The van der Waals surface area contributed by atoms with E-state index in [9.17, 15) is 0 Å². The van der Waals surface area contributed by atoms with E-state index in [0.717, 1.165) is 17.8 Å². The molecule has 3 nitrogen and oxygen atoms in total. The van der Waals surface area contributed by atoms with Gasteiger partial charge in [0.25, 0.3) is 0 Å². The molecule has 0 bridgehead atoms. The minimum Gasteiger partial charge on any atom is -0.357 e. The van der Waals surface area contributed by atoms with Gasteiger partial charge in [-0.1, -0.05) is 158 Å². The summed E-state index contributed by atoms with van der Waals surface area (Å²) in [6.07, 6.45) is 3.20. The van der Waals surface area contributed by atoms with Crippen LogP contribution in [0.1, 0.15) is 129 Å². The summed E-state index contributed by atoms with van der Waals surface area (Å²) in [4.78, 5) is 0. The molecule has 4 heteroatoms. The first kappa shape index (κ1) is 40.8. The maximum Gasteiger partial charge on any atom is 0.0575 e. The zero-order chi connectivity index (χ0) is 35.7. The van der Waals surface area contributed by atoms with Crippen molar-refractivity contribution in [3.63, 3.8) is 0 Å². The zero-order valence-electron chi connectivity index (χ0n) is 32.3. The molecular weight excluding hydrogens is 686 g/mol. The number of hydrogen-bond acceptors (Lipinski definition) is 3. The van der Waals surface area contributed by atoms with Gasteiger partial charge >= 0.3 is 0 Å². The molecule has 0 aromatic heterocycles. The normalized spacial score (nSPS) is 14.7. The van der Waals surface area contributed by atoms with Gasteiger partial charge in [-0.15, -0.1) is 0 Å². The molecule has 1 heterocycles. The molecule has 0 saturated heterocycles. The van der Waals surface area contributed by atoms with Crippen LogP contribution in [-0.2, 0) is 26.2 Å². The van der Waals surface area contributed by atoms with Gasteiger partial charge in [0.05, 0.1) is 5.70 Å².